The van der Waals surface area contributed by atoms with Crippen LogP contribution in [-0.4, -0.2) is 47.6 Å². The van der Waals surface area contributed by atoms with Crippen molar-refractivity contribution in [3.63, 3.8) is 0 Å². The van der Waals surface area contributed by atoms with Crippen molar-refractivity contribution in [2.45, 2.75) is 83.9 Å². The van der Waals surface area contributed by atoms with Gasteiger partial charge in [0, 0.05) is 54.2 Å². The first-order valence-corrected chi connectivity index (χ1v) is 21.2. The van der Waals surface area contributed by atoms with Gasteiger partial charge in [0.1, 0.15) is 35.7 Å². The number of aromatic hydroxyl groups is 1. The molecule has 0 amide bonds. The number of phenols is 1. The number of aliphatic hydroxyl groups excluding tert-OH is 1. The fourth-order valence-electron chi connectivity index (χ4n) is 4.68. The zero-order valence-electron chi connectivity index (χ0n) is 28.6. The molecule has 3 aromatic rings. The SMILES string of the molecule is CN(C)c1ccc(C(O)C2=C(c3ccc(O[Si](C)(C)C(C)(C)C)cc3O)COc3cc(O[Si](C)(C)C(C)(C)C)ccc32)cc1. The summed E-state index contributed by atoms with van der Waals surface area (Å²) < 4.78 is 19.4. The summed E-state index contributed by atoms with van der Waals surface area (Å²) in [7, 11) is -0.182. The molecule has 0 spiro atoms. The second-order valence-corrected chi connectivity index (χ2v) is 24.6. The molecular formula is C36H51NO5Si2. The first-order chi connectivity index (χ1) is 20.2. The van der Waals surface area contributed by atoms with E-state index >= 15 is 0 Å². The number of ether oxygens (including phenoxy) is 1. The average Bonchev–Trinajstić information content (AvgIpc) is 2.90. The molecule has 1 heterocycles. The Hall–Kier alpha value is -3.21. The smallest absolute Gasteiger partial charge is 0.250 e. The van der Waals surface area contributed by atoms with E-state index in [1.54, 1.807) is 6.07 Å². The van der Waals surface area contributed by atoms with E-state index < -0.39 is 22.7 Å². The number of nitrogens with zero attached hydrogens (tertiary/aromatic N) is 1. The monoisotopic (exact) mass is 633 g/mol. The Bertz CT molecular complexity index is 1530. The largest absolute Gasteiger partial charge is 0.543 e. The van der Waals surface area contributed by atoms with Gasteiger partial charge in [-0.15, -0.1) is 0 Å². The van der Waals surface area contributed by atoms with E-state index in [9.17, 15) is 10.2 Å². The minimum Gasteiger partial charge on any atom is -0.543 e. The Morgan fingerprint density at radius 2 is 1.25 bits per heavy atom. The Labute approximate surface area is 266 Å². The molecule has 1 atom stereocenters. The highest BCUT2D eigenvalue weighted by Gasteiger charge is 2.40. The van der Waals surface area contributed by atoms with E-state index in [2.05, 4.69) is 67.7 Å². The minimum atomic E-state index is -2.10. The van der Waals surface area contributed by atoms with Crippen molar-refractivity contribution in [2.24, 2.45) is 0 Å². The number of hydrogen-bond acceptors (Lipinski definition) is 6. The van der Waals surface area contributed by atoms with Crippen LogP contribution < -0.4 is 18.5 Å². The molecule has 3 aromatic carbocycles. The van der Waals surface area contributed by atoms with Crippen molar-refractivity contribution in [2.75, 3.05) is 25.6 Å². The minimum absolute atomic E-state index is 0.0251. The van der Waals surface area contributed by atoms with Gasteiger partial charge in [-0.1, -0.05) is 53.7 Å². The van der Waals surface area contributed by atoms with Crippen LogP contribution in [0.5, 0.6) is 23.0 Å². The van der Waals surface area contributed by atoms with Gasteiger partial charge in [0.15, 0.2) is 0 Å². The molecule has 0 bridgehead atoms. The second-order valence-electron chi connectivity index (χ2n) is 15.1. The van der Waals surface area contributed by atoms with Gasteiger partial charge in [0.2, 0.25) is 16.6 Å². The van der Waals surface area contributed by atoms with E-state index in [4.69, 9.17) is 13.6 Å². The molecule has 0 saturated heterocycles. The van der Waals surface area contributed by atoms with Crippen molar-refractivity contribution in [3.05, 3.63) is 77.4 Å². The molecule has 0 aromatic heterocycles. The number of phenolic OH excluding ortho intramolecular Hbond substituents is 1. The summed E-state index contributed by atoms with van der Waals surface area (Å²) in [5, 5.41) is 23.4. The van der Waals surface area contributed by atoms with Crippen molar-refractivity contribution in [3.8, 4) is 23.0 Å². The highest BCUT2D eigenvalue weighted by Crippen LogP contribution is 2.48. The standard InChI is InChI=1S/C36H51NO5Si2/c1-35(2,3)43(9,10)41-26-17-19-28(31(38)21-26)30-23-40-32-22-27(42-44(11,12)36(4,5)6)18-20-29(32)33(30)34(39)24-13-15-25(16-14-24)37(7)8/h13-22,34,38-39H,23H2,1-12H3. The lowest BCUT2D eigenvalue weighted by Crippen LogP contribution is -2.43. The fraction of sp³-hybridized carbons (Fsp3) is 0.444. The number of hydrogen-bond donors (Lipinski definition) is 2. The fourth-order valence-corrected chi connectivity index (χ4v) is 6.73. The van der Waals surface area contributed by atoms with Crippen LogP contribution in [0, 0.1) is 0 Å². The normalized spacial score (nSPS) is 14.9. The van der Waals surface area contributed by atoms with Crippen molar-refractivity contribution in [1.82, 2.24) is 0 Å². The second kappa shape index (κ2) is 11.9. The van der Waals surface area contributed by atoms with Crippen LogP contribution in [0.2, 0.25) is 36.3 Å². The summed E-state index contributed by atoms with van der Waals surface area (Å²) in [5.41, 5.74) is 4.63. The average molecular weight is 634 g/mol. The van der Waals surface area contributed by atoms with E-state index in [0.29, 0.717) is 22.6 Å². The summed E-state index contributed by atoms with van der Waals surface area (Å²) >= 11 is 0. The first-order valence-electron chi connectivity index (χ1n) is 15.4. The van der Waals surface area contributed by atoms with Gasteiger partial charge in [-0.05, 0) is 78.2 Å². The zero-order chi connectivity index (χ0) is 32.8. The Morgan fingerprint density at radius 3 is 1.73 bits per heavy atom. The van der Waals surface area contributed by atoms with Crippen molar-refractivity contribution >= 4 is 33.5 Å². The number of aliphatic hydroxyl groups is 1. The first kappa shape index (κ1) is 33.7. The number of rotatable bonds is 8. The van der Waals surface area contributed by atoms with Crippen LogP contribution in [0.25, 0.3) is 11.1 Å². The Balaban J connectivity index is 1.82. The third-order valence-corrected chi connectivity index (χ3v) is 18.3. The number of anilines is 1. The molecule has 0 fully saturated rings. The van der Waals surface area contributed by atoms with Gasteiger partial charge in [-0.3, -0.25) is 0 Å². The molecule has 4 rings (SSSR count). The molecular weight excluding hydrogens is 583 g/mol. The van der Waals surface area contributed by atoms with E-state index in [1.165, 1.54) is 0 Å². The molecule has 6 nitrogen and oxygen atoms in total. The van der Waals surface area contributed by atoms with Gasteiger partial charge >= 0.3 is 0 Å². The van der Waals surface area contributed by atoms with Crippen molar-refractivity contribution in [1.29, 1.82) is 0 Å². The summed E-state index contributed by atoms with van der Waals surface area (Å²) in [5.74, 6) is 2.15. The molecule has 0 saturated carbocycles. The molecule has 2 N–H and O–H groups in total. The maximum absolute atomic E-state index is 12.0. The summed E-state index contributed by atoms with van der Waals surface area (Å²) in [6, 6.07) is 19.2. The topological polar surface area (TPSA) is 71.4 Å². The van der Waals surface area contributed by atoms with Crippen molar-refractivity contribution < 1.29 is 23.8 Å². The predicted octanol–water partition coefficient (Wildman–Crippen LogP) is 9.26. The Kier molecular flexibility index (Phi) is 9.15. The molecule has 0 aliphatic carbocycles. The molecule has 1 unspecified atom stereocenters. The van der Waals surface area contributed by atoms with Gasteiger partial charge < -0.3 is 28.7 Å². The lowest BCUT2D eigenvalue weighted by atomic mass is 9.86. The zero-order valence-corrected chi connectivity index (χ0v) is 30.6. The van der Waals surface area contributed by atoms with Crippen LogP contribution in [0.15, 0.2) is 60.7 Å². The van der Waals surface area contributed by atoms with Gasteiger partial charge in [-0.2, -0.15) is 0 Å². The third kappa shape index (κ3) is 6.87. The quantitative estimate of drug-likeness (QED) is 0.241. The summed E-state index contributed by atoms with van der Waals surface area (Å²) in [6.45, 7) is 22.2. The van der Waals surface area contributed by atoms with Gasteiger partial charge in [-0.25, -0.2) is 0 Å². The van der Waals surface area contributed by atoms with Crippen LogP contribution in [0.4, 0.5) is 5.69 Å². The third-order valence-electron chi connectivity index (χ3n) is 9.59. The maximum Gasteiger partial charge on any atom is 0.250 e. The van der Waals surface area contributed by atoms with Gasteiger partial charge in [0.05, 0.1) is 0 Å². The van der Waals surface area contributed by atoms with E-state index in [-0.39, 0.29) is 22.4 Å². The molecule has 0 radical (unpaired) electrons. The molecule has 44 heavy (non-hydrogen) atoms. The molecule has 8 heteroatoms. The van der Waals surface area contributed by atoms with Crippen LogP contribution in [0.3, 0.4) is 0 Å². The summed E-state index contributed by atoms with van der Waals surface area (Å²) in [4.78, 5) is 2.03. The van der Waals surface area contributed by atoms with Crippen LogP contribution in [0.1, 0.15) is 64.3 Å². The molecule has 1 aliphatic rings. The van der Waals surface area contributed by atoms with E-state index in [1.807, 2.05) is 73.6 Å². The molecule has 238 valence electrons. The lowest BCUT2D eigenvalue weighted by molar-refractivity contribution is 0.235. The van der Waals surface area contributed by atoms with Gasteiger partial charge in [0.25, 0.3) is 0 Å². The molecule has 1 aliphatic heterocycles. The summed E-state index contributed by atoms with van der Waals surface area (Å²) in [6.07, 6.45) is -0.946. The Morgan fingerprint density at radius 1 is 0.750 bits per heavy atom. The highest BCUT2D eigenvalue weighted by atomic mass is 28.4. The van der Waals surface area contributed by atoms with Crippen LogP contribution in [-0.2, 0) is 0 Å². The van der Waals surface area contributed by atoms with E-state index in [0.717, 1.165) is 28.1 Å². The number of fused-ring (bicyclic) bond motifs is 1. The predicted molar refractivity (Wildman–Crippen MR) is 188 cm³/mol. The number of benzene rings is 3. The maximum atomic E-state index is 12.0. The van der Waals surface area contributed by atoms with Crippen LogP contribution >= 0.6 is 0 Å². The lowest BCUT2D eigenvalue weighted by Gasteiger charge is -2.37. The highest BCUT2D eigenvalue weighted by molar-refractivity contribution is 6.75.